The summed E-state index contributed by atoms with van der Waals surface area (Å²) in [4.78, 5) is 2.54. The Morgan fingerprint density at radius 1 is 1.14 bits per heavy atom. The Morgan fingerprint density at radius 2 is 1.91 bits per heavy atom. The van der Waals surface area contributed by atoms with Gasteiger partial charge in [0.25, 0.3) is 0 Å². The molecule has 1 aromatic carbocycles. The molecule has 0 aromatic heterocycles. The lowest BCUT2D eigenvalue weighted by Gasteiger charge is -2.46. The summed E-state index contributed by atoms with van der Waals surface area (Å²) >= 11 is 0. The fraction of sp³-hybridized carbons (Fsp3) is 0.684. The van der Waals surface area contributed by atoms with E-state index in [0.717, 1.165) is 24.5 Å². The van der Waals surface area contributed by atoms with Gasteiger partial charge in [-0.15, -0.1) is 0 Å². The minimum absolute atomic E-state index is 0.346. The van der Waals surface area contributed by atoms with Gasteiger partial charge in [0.05, 0.1) is 14.2 Å². The predicted octanol–water partition coefficient (Wildman–Crippen LogP) is 3.84. The molecule has 1 fully saturated rings. The van der Waals surface area contributed by atoms with E-state index in [1.165, 1.54) is 49.7 Å². The van der Waals surface area contributed by atoms with Crippen molar-refractivity contribution in [2.24, 2.45) is 0 Å². The van der Waals surface area contributed by atoms with Crippen LogP contribution in [0.25, 0.3) is 0 Å². The van der Waals surface area contributed by atoms with Crippen molar-refractivity contribution in [2.75, 3.05) is 27.8 Å². The van der Waals surface area contributed by atoms with Gasteiger partial charge in [0, 0.05) is 18.2 Å². The third-order valence-corrected chi connectivity index (χ3v) is 6.38. The van der Waals surface area contributed by atoms with Crippen molar-refractivity contribution >= 4 is 0 Å². The number of hydrogen-bond acceptors (Lipinski definition) is 3. The SMILES string of the molecule is COc1cc2c3c(c1OC)C1(CCCC1)CCC3N(C)CC2. The van der Waals surface area contributed by atoms with E-state index in [4.69, 9.17) is 9.47 Å². The number of rotatable bonds is 2. The Morgan fingerprint density at radius 3 is 2.59 bits per heavy atom. The summed E-state index contributed by atoms with van der Waals surface area (Å²) in [5, 5.41) is 0. The predicted molar refractivity (Wildman–Crippen MR) is 88.0 cm³/mol. The van der Waals surface area contributed by atoms with Crippen LogP contribution in [-0.2, 0) is 11.8 Å². The largest absolute Gasteiger partial charge is 0.493 e. The standard InChI is InChI=1S/C19H27NO2/c1-20-11-7-13-12-15(21-2)18(22-3)17-16(13)14(20)6-10-19(17)8-4-5-9-19/h12,14H,4-11H2,1-3H3. The maximum Gasteiger partial charge on any atom is 0.164 e. The van der Waals surface area contributed by atoms with Crippen molar-refractivity contribution in [2.45, 2.75) is 56.4 Å². The third kappa shape index (κ3) is 1.84. The molecule has 3 aliphatic rings. The van der Waals surface area contributed by atoms with Crippen LogP contribution in [0.5, 0.6) is 11.5 Å². The van der Waals surface area contributed by atoms with Crippen LogP contribution in [0.4, 0.5) is 0 Å². The highest BCUT2D eigenvalue weighted by molar-refractivity contribution is 5.60. The first-order chi connectivity index (χ1) is 10.7. The second-order valence-electron chi connectivity index (χ2n) is 7.33. The highest BCUT2D eigenvalue weighted by Crippen LogP contribution is 2.58. The number of nitrogens with zero attached hydrogens (tertiary/aromatic N) is 1. The van der Waals surface area contributed by atoms with Crippen molar-refractivity contribution in [3.8, 4) is 11.5 Å². The first-order valence-corrected chi connectivity index (χ1v) is 8.68. The van der Waals surface area contributed by atoms with E-state index in [-0.39, 0.29) is 0 Å². The minimum Gasteiger partial charge on any atom is -0.493 e. The summed E-state index contributed by atoms with van der Waals surface area (Å²) in [6.07, 6.45) is 9.08. The molecule has 0 saturated heterocycles. The molecule has 3 heteroatoms. The topological polar surface area (TPSA) is 21.7 Å². The summed E-state index contributed by atoms with van der Waals surface area (Å²) in [5.74, 6) is 1.95. The molecule has 1 saturated carbocycles. The fourth-order valence-electron chi connectivity index (χ4n) is 5.30. The fourth-order valence-corrected chi connectivity index (χ4v) is 5.30. The number of ether oxygens (including phenoxy) is 2. The van der Waals surface area contributed by atoms with E-state index in [1.807, 2.05) is 0 Å². The van der Waals surface area contributed by atoms with E-state index < -0.39 is 0 Å². The molecule has 0 bridgehead atoms. The molecule has 1 unspecified atom stereocenters. The van der Waals surface area contributed by atoms with Crippen LogP contribution in [0.15, 0.2) is 6.07 Å². The second kappa shape index (κ2) is 5.16. The van der Waals surface area contributed by atoms with Crippen molar-refractivity contribution in [3.05, 3.63) is 22.8 Å². The Bertz CT molecular complexity index is 590. The van der Waals surface area contributed by atoms with E-state index in [0.29, 0.717) is 11.5 Å². The van der Waals surface area contributed by atoms with Gasteiger partial charge in [-0.05, 0) is 61.8 Å². The summed E-state index contributed by atoms with van der Waals surface area (Å²) < 4.78 is 11.6. The number of methoxy groups -OCH3 is 2. The summed E-state index contributed by atoms with van der Waals surface area (Å²) in [6.45, 7) is 1.15. The van der Waals surface area contributed by atoms with Crippen LogP contribution in [-0.4, -0.2) is 32.7 Å². The van der Waals surface area contributed by atoms with Gasteiger partial charge in [0.2, 0.25) is 0 Å². The first-order valence-electron chi connectivity index (χ1n) is 8.68. The van der Waals surface area contributed by atoms with E-state index >= 15 is 0 Å². The van der Waals surface area contributed by atoms with Crippen LogP contribution < -0.4 is 9.47 Å². The number of benzene rings is 1. The zero-order valence-electron chi connectivity index (χ0n) is 14.1. The molecular weight excluding hydrogens is 274 g/mol. The molecule has 22 heavy (non-hydrogen) atoms. The highest BCUT2D eigenvalue weighted by atomic mass is 16.5. The smallest absolute Gasteiger partial charge is 0.164 e. The van der Waals surface area contributed by atoms with Gasteiger partial charge in [-0.2, -0.15) is 0 Å². The van der Waals surface area contributed by atoms with Gasteiger partial charge in [-0.3, -0.25) is 4.90 Å². The zero-order valence-corrected chi connectivity index (χ0v) is 14.1. The molecule has 1 atom stereocenters. The summed E-state index contributed by atoms with van der Waals surface area (Å²) in [6, 6.07) is 2.82. The molecule has 0 radical (unpaired) electrons. The lowest BCUT2D eigenvalue weighted by atomic mass is 9.64. The van der Waals surface area contributed by atoms with Crippen LogP contribution >= 0.6 is 0 Å². The van der Waals surface area contributed by atoms with E-state index in [9.17, 15) is 0 Å². The maximum atomic E-state index is 5.89. The number of hydrogen-bond donors (Lipinski definition) is 0. The van der Waals surface area contributed by atoms with Gasteiger partial charge >= 0.3 is 0 Å². The van der Waals surface area contributed by atoms with E-state index in [2.05, 4.69) is 18.0 Å². The molecule has 0 N–H and O–H groups in total. The normalized spacial score (nSPS) is 26.0. The van der Waals surface area contributed by atoms with Gasteiger partial charge in [-0.1, -0.05) is 12.8 Å². The molecule has 2 aliphatic carbocycles. The van der Waals surface area contributed by atoms with Crippen molar-refractivity contribution in [1.82, 2.24) is 4.90 Å². The van der Waals surface area contributed by atoms with Gasteiger partial charge in [0.15, 0.2) is 11.5 Å². The Labute approximate surface area is 133 Å². The Balaban J connectivity index is 2.00. The zero-order chi connectivity index (χ0) is 15.3. The molecule has 1 heterocycles. The Kier molecular flexibility index (Phi) is 3.37. The quantitative estimate of drug-likeness (QED) is 0.828. The third-order valence-electron chi connectivity index (χ3n) is 6.38. The summed E-state index contributed by atoms with van der Waals surface area (Å²) in [7, 11) is 5.85. The average Bonchev–Trinajstić information content (AvgIpc) is 3.01. The van der Waals surface area contributed by atoms with Gasteiger partial charge in [-0.25, -0.2) is 0 Å². The minimum atomic E-state index is 0.346. The van der Waals surface area contributed by atoms with Crippen LogP contribution in [0.3, 0.4) is 0 Å². The maximum absolute atomic E-state index is 5.89. The summed E-state index contributed by atoms with van der Waals surface area (Å²) in [5.41, 5.74) is 4.93. The molecule has 1 aliphatic heterocycles. The number of fused-ring (bicyclic) bond motifs is 1. The molecular formula is C19H27NO2. The molecule has 4 rings (SSSR count). The van der Waals surface area contributed by atoms with E-state index in [1.54, 1.807) is 19.8 Å². The van der Waals surface area contributed by atoms with Gasteiger partial charge in [0.1, 0.15) is 0 Å². The lowest BCUT2D eigenvalue weighted by molar-refractivity contribution is 0.175. The van der Waals surface area contributed by atoms with Crippen molar-refractivity contribution < 1.29 is 9.47 Å². The molecule has 1 aromatic rings. The van der Waals surface area contributed by atoms with Crippen molar-refractivity contribution in [3.63, 3.8) is 0 Å². The van der Waals surface area contributed by atoms with Crippen LogP contribution in [0.1, 0.15) is 61.3 Å². The molecule has 120 valence electrons. The number of likely N-dealkylation sites (N-methyl/N-ethyl adjacent to an activating group) is 1. The lowest BCUT2D eigenvalue weighted by Crippen LogP contribution is -2.40. The average molecular weight is 301 g/mol. The molecule has 0 amide bonds. The Hall–Kier alpha value is -1.22. The van der Waals surface area contributed by atoms with Crippen LogP contribution in [0, 0.1) is 0 Å². The second-order valence-corrected chi connectivity index (χ2v) is 7.33. The monoisotopic (exact) mass is 301 g/mol. The van der Waals surface area contributed by atoms with Crippen molar-refractivity contribution in [1.29, 1.82) is 0 Å². The van der Waals surface area contributed by atoms with Gasteiger partial charge < -0.3 is 9.47 Å². The van der Waals surface area contributed by atoms with Crippen LogP contribution in [0.2, 0.25) is 0 Å². The molecule has 1 spiro atoms. The first kappa shape index (κ1) is 14.4. The highest BCUT2D eigenvalue weighted by Gasteiger charge is 2.47. The molecule has 3 nitrogen and oxygen atoms in total.